The van der Waals surface area contributed by atoms with Crippen LogP contribution in [0.1, 0.15) is 49.9 Å². The van der Waals surface area contributed by atoms with Gasteiger partial charge in [0.25, 0.3) is 0 Å². The first-order valence-electron chi connectivity index (χ1n) is 20.5. The summed E-state index contributed by atoms with van der Waals surface area (Å²) in [5.41, 5.74) is 18.3. The molecule has 58 heavy (non-hydrogen) atoms. The molecule has 0 saturated carbocycles. The number of aromatic nitrogens is 1. The number of pyridine rings is 1. The first-order chi connectivity index (χ1) is 28.3. The normalized spacial score (nSPS) is 14.5. The number of hydrogen-bond acceptors (Lipinski definition) is 1. The third-order valence-corrected chi connectivity index (χ3v) is 13.7. The molecule has 0 aliphatic heterocycles. The zero-order valence-corrected chi connectivity index (χ0v) is 33.2. The smallest absolute Gasteiger partial charge is 0.0352 e. The largest absolute Gasteiger partial charge is 0.264 e. The Kier molecular flexibility index (Phi) is 6.81. The van der Waals surface area contributed by atoms with Crippen molar-refractivity contribution in [2.75, 3.05) is 0 Å². The molecule has 274 valence electrons. The van der Waals surface area contributed by atoms with E-state index in [-0.39, 0.29) is 10.8 Å². The van der Waals surface area contributed by atoms with Gasteiger partial charge in [0.15, 0.2) is 0 Å². The van der Waals surface area contributed by atoms with Crippen LogP contribution in [0.25, 0.3) is 98.7 Å². The maximum atomic E-state index is 4.70. The van der Waals surface area contributed by atoms with Crippen molar-refractivity contribution in [3.8, 4) is 55.6 Å². The van der Waals surface area contributed by atoms with Crippen molar-refractivity contribution >= 4 is 43.1 Å². The van der Waals surface area contributed by atoms with Crippen LogP contribution in [0, 0.1) is 0 Å². The molecule has 0 atom stereocenters. The molecule has 10 aromatic rings. The lowest BCUT2D eigenvalue weighted by Gasteiger charge is -2.23. The van der Waals surface area contributed by atoms with Crippen molar-refractivity contribution in [1.29, 1.82) is 0 Å². The van der Waals surface area contributed by atoms with E-state index in [2.05, 4.69) is 198 Å². The molecular weight excluding hydrogens is 699 g/mol. The van der Waals surface area contributed by atoms with Crippen LogP contribution < -0.4 is 0 Å². The first-order valence-corrected chi connectivity index (χ1v) is 20.5. The quantitative estimate of drug-likeness (QED) is 0.164. The fourth-order valence-electron chi connectivity index (χ4n) is 10.9. The summed E-state index contributed by atoms with van der Waals surface area (Å²) in [5, 5.41) is 9.84. The summed E-state index contributed by atoms with van der Waals surface area (Å²) in [6.07, 6.45) is 3.97. The average Bonchev–Trinajstić information content (AvgIpc) is 3.63. The van der Waals surface area contributed by atoms with Crippen molar-refractivity contribution in [2.24, 2.45) is 0 Å². The zero-order valence-electron chi connectivity index (χ0n) is 33.2. The number of rotatable bonds is 3. The topological polar surface area (TPSA) is 12.9 Å². The van der Waals surface area contributed by atoms with E-state index in [1.165, 1.54) is 121 Å². The van der Waals surface area contributed by atoms with E-state index in [1.54, 1.807) is 0 Å². The Morgan fingerprint density at radius 2 is 0.862 bits per heavy atom. The van der Waals surface area contributed by atoms with Crippen LogP contribution in [0.5, 0.6) is 0 Å². The van der Waals surface area contributed by atoms with Gasteiger partial charge in [0.1, 0.15) is 0 Å². The maximum Gasteiger partial charge on any atom is 0.0352 e. The lowest BCUT2D eigenvalue weighted by Crippen LogP contribution is -2.14. The molecule has 2 aliphatic rings. The van der Waals surface area contributed by atoms with Gasteiger partial charge in [0, 0.05) is 34.2 Å². The summed E-state index contributed by atoms with van der Waals surface area (Å²) in [4.78, 5) is 4.70. The van der Waals surface area contributed by atoms with Gasteiger partial charge in [-0.2, -0.15) is 0 Å². The molecule has 0 unspecified atom stereocenters. The molecule has 1 heteroatoms. The van der Waals surface area contributed by atoms with Crippen molar-refractivity contribution < 1.29 is 0 Å². The van der Waals surface area contributed by atoms with Crippen LogP contribution in [0.4, 0.5) is 0 Å². The maximum absolute atomic E-state index is 4.70. The van der Waals surface area contributed by atoms with Gasteiger partial charge < -0.3 is 0 Å². The second-order valence-electron chi connectivity index (χ2n) is 17.5. The molecule has 2 aliphatic carbocycles. The van der Waals surface area contributed by atoms with E-state index in [9.17, 15) is 0 Å². The van der Waals surface area contributed by atoms with Gasteiger partial charge in [-0.05, 0) is 140 Å². The van der Waals surface area contributed by atoms with E-state index < -0.39 is 0 Å². The number of fused-ring (bicyclic) bond motifs is 10. The first kappa shape index (κ1) is 33.3. The van der Waals surface area contributed by atoms with Crippen LogP contribution in [0.15, 0.2) is 176 Å². The van der Waals surface area contributed by atoms with Crippen LogP contribution in [-0.2, 0) is 10.8 Å². The summed E-state index contributed by atoms with van der Waals surface area (Å²) < 4.78 is 0. The average molecular weight is 740 g/mol. The van der Waals surface area contributed by atoms with E-state index in [4.69, 9.17) is 4.98 Å². The fourth-order valence-corrected chi connectivity index (χ4v) is 10.9. The number of benzene rings is 9. The minimum absolute atomic E-state index is 0.0594. The summed E-state index contributed by atoms with van der Waals surface area (Å²) in [6, 6.07) is 61.9. The Hall–Kier alpha value is -6.83. The molecule has 1 aromatic heterocycles. The van der Waals surface area contributed by atoms with Crippen molar-refractivity contribution in [2.45, 2.75) is 38.5 Å². The Labute approximate surface area is 339 Å². The highest BCUT2D eigenvalue weighted by Crippen LogP contribution is 2.53. The van der Waals surface area contributed by atoms with Gasteiger partial charge in [-0.25, -0.2) is 0 Å². The van der Waals surface area contributed by atoms with Crippen molar-refractivity contribution in [3.05, 3.63) is 198 Å². The van der Waals surface area contributed by atoms with Gasteiger partial charge in [-0.15, -0.1) is 0 Å². The highest BCUT2D eigenvalue weighted by atomic mass is 14.6. The fraction of sp³-hybridized carbons (Fsp3) is 0.105. The zero-order chi connectivity index (χ0) is 38.9. The molecule has 0 amide bonds. The monoisotopic (exact) mass is 739 g/mol. The van der Waals surface area contributed by atoms with Gasteiger partial charge in [-0.3, -0.25) is 4.98 Å². The van der Waals surface area contributed by atoms with Gasteiger partial charge in [0.2, 0.25) is 0 Å². The summed E-state index contributed by atoms with van der Waals surface area (Å²) in [6.45, 7) is 9.47. The van der Waals surface area contributed by atoms with E-state index in [0.29, 0.717) is 0 Å². The van der Waals surface area contributed by atoms with Crippen molar-refractivity contribution in [3.63, 3.8) is 0 Å². The van der Waals surface area contributed by atoms with Crippen LogP contribution >= 0.6 is 0 Å². The predicted molar refractivity (Wildman–Crippen MR) is 246 cm³/mol. The second-order valence-corrected chi connectivity index (χ2v) is 17.5. The molecule has 0 saturated heterocycles. The molecule has 1 nitrogen and oxygen atoms in total. The summed E-state index contributed by atoms with van der Waals surface area (Å²) in [5.74, 6) is 0. The van der Waals surface area contributed by atoms with E-state index in [1.807, 2.05) is 6.20 Å². The standard InChI is InChI=1S/C57H41N/c1-56(2)50-20-12-10-16-41(50)46-31-38(23-26-51(46)56)53-43-17-7-8-18-44(43)55(54-39-14-6-5-13-36(39)29-37-27-28-58-33-48(37)54)45-25-22-34(30-47(45)53)35-21-24-42-40-15-9-11-19-49(40)57(3,4)52(42)32-35/h5-33H,1-4H3. The highest BCUT2D eigenvalue weighted by Gasteiger charge is 2.37. The third-order valence-electron chi connectivity index (χ3n) is 13.7. The van der Waals surface area contributed by atoms with Gasteiger partial charge in [0.05, 0.1) is 0 Å². The lowest BCUT2D eigenvalue weighted by molar-refractivity contribution is 0.660. The molecule has 9 aromatic carbocycles. The van der Waals surface area contributed by atoms with E-state index >= 15 is 0 Å². The minimum atomic E-state index is -0.0781. The van der Waals surface area contributed by atoms with Crippen LogP contribution in [-0.4, -0.2) is 4.98 Å². The van der Waals surface area contributed by atoms with E-state index in [0.717, 1.165) is 0 Å². The Balaban J connectivity index is 1.19. The molecule has 0 N–H and O–H groups in total. The van der Waals surface area contributed by atoms with Gasteiger partial charge in [-0.1, -0.05) is 161 Å². The minimum Gasteiger partial charge on any atom is -0.264 e. The van der Waals surface area contributed by atoms with Crippen LogP contribution in [0.2, 0.25) is 0 Å². The number of nitrogens with zero attached hydrogens (tertiary/aromatic N) is 1. The Bertz CT molecular complexity index is 3340. The lowest BCUT2D eigenvalue weighted by atomic mass is 9.80. The highest BCUT2D eigenvalue weighted by molar-refractivity contribution is 6.27. The Morgan fingerprint density at radius 3 is 1.66 bits per heavy atom. The molecule has 0 radical (unpaired) electrons. The molecule has 0 spiro atoms. The summed E-state index contributed by atoms with van der Waals surface area (Å²) in [7, 11) is 0. The second kappa shape index (κ2) is 11.9. The van der Waals surface area contributed by atoms with Crippen molar-refractivity contribution in [1.82, 2.24) is 4.98 Å². The Morgan fingerprint density at radius 1 is 0.328 bits per heavy atom. The summed E-state index contributed by atoms with van der Waals surface area (Å²) >= 11 is 0. The molecule has 1 heterocycles. The van der Waals surface area contributed by atoms with Gasteiger partial charge >= 0.3 is 0 Å². The predicted octanol–water partition coefficient (Wildman–Crippen LogP) is 15.3. The number of hydrogen-bond donors (Lipinski definition) is 0. The SMILES string of the molecule is CC1(C)c2ccccc2-c2cc(-c3c4ccccc4c(-c4c5ccccc5cc5ccncc45)c4ccc(-c5ccc6c(c5)C(C)(C)c5ccccc5-6)cc34)ccc21. The third kappa shape index (κ3) is 4.50. The molecular formula is C57H41N. The molecule has 0 bridgehead atoms. The molecule has 0 fully saturated rings. The molecule has 12 rings (SSSR count). The van der Waals surface area contributed by atoms with Crippen LogP contribution in [0.3, 0.4) is 0 Å².